The molecule has 0 saturated heterocycles. The first-order chi connectivity index (χ1) is 4.43. The zero-order valence-corrected chi connectivity index (χ0v) is 7.95. The van der Waals surface area contributed by atoms with Gasteiger partial charge in [0, 0.05) is 9.19 Å². The molecule has 0 aliphatic carbocycles. The van der Waals surface area contributed by atoms with Gasteiger partial charge in [0.05, 0.1) is 0 Å². The smallest absolute Gasteiger partial charge is 0.0459 e. The molecule has 0 aromatic heterocycles. The van der Waals surface area contributed by atoms with Crippen LogP contribution in [0.25, 0.3) is 0 Å². The summed E-state index contributed by atoms with van der Waals surface area (Å²) >= 11 is 0. The molecule has 9 heavy (non-hydrogen) atoms. The molecule has 2 heteroatoms. The summed E-state index contributed by atoms with van der Waals surface area (Å²) in [5.41, 5.74) is 1.49. The van der Waals surface area contributed by atoms with Crippen molar-refractivity contribution in [1.29, 1.82) is 0 Å². The van der Waals surface area contributed by atoms with Crippen molar-refractivity contribution in [1.82, 2.24) is 0 Å². The Morgan fingerprint density at radius 2 is 1.89 bits per heavy atom. The second-order valence-electron chi connectivity index (χ2n) is 2.02. The summed E-state index contributed by atoms with van der Waals surface area (Å²) in [7, 11) is 3.00. The molecule has 0 fully saturated rings. The SMILES string of the molecule is P[SiH2]Cc1ccccc1. The fourth-order valence-corrected chi connectivity index (χ4v) is 2.48. The Hall–Kier alpha value is -0.133. The molecule has 0 saturated carbocycles. The third-order valence-corrected chi connectivity index (χ3v) is 3.01. The van der Waals surface area contributed by atoms with Crippen LogP contribution < -0.4 is 0 Å². The van der Waals surface area contributed by atoms with Crippen LogP contribution in [0.15, 0.2) is 30.3 Å². The Morgan fingerprint density at radius 1 is 1.22 bits per heavy atom. The Bertz CT molecular complexity index is 162. The lowest BCUT2D eigenvalue weighted by Crippen LogP contribution is -1.85. The predicted octanol–water partition coefficient (Wildman–Crippen LogP) is 1.15. The minimum Gasteiger partial charge on any atom is -0.155 e. The maximum absolute atomic E-state index is 2.87. The van der Waals surface area contributed by atoms with Crippen LogP contribution >= 0.6 is 8.79 Å². The van der Waals surface area contributed by atoms with Gasteiger partial charge in [0.25, 0.3) is 0 Å². The van der Waals surface area contributed by atoms with E-state index in [0.29, 0.717) is 0 Å². The normalized spacial score (nSPS) is 10.8. The number of rotatable bonds is 2. The molecule has 1 rings (SSSR count). The van der Waals surface area contributed by atoms with Crippen LogP contribution in [-0.4, -0.2) is 9.19 Å². The van der Waals surface area contributed by atoms with Gasteiger partial charge >= 0.3 is 0 Å². The molecule has 1 unspecified atom stereocenters. The monoisotopic (exact) mass is 154 g/mol. The summed E-state index contributed by atoms with van der Waals surface area (Å²) < 4.78 is 0. The lowest BCUT2D eigenvalue weighted by atomic mass is 10.2. The average Bonchev–Trinajstić information content (AvgIpc) is 1.91. The minimum absolute atomic E-state index is 0.132. The average molecular weight is 154 g/mol. The molecule has 0 radical (unpaired) electrons. The van der Waals surface area contributed by atoms with E-state index in [4.69, 9.17) is 0 Å². The molecular weight excluding hydrogens is 143 g/mol. The van der Waals surface area contributed by atoms with Crippen molar-refractivity contribution >= 4 is 18.0 Å². The van der Waals surface area contributed by atoms with E-state index >= 15 is 0 Å². The van der Waals surface area contributed by atoms with Crippen molar-refractivity contribution in [2.75, 3.05) is 0 Å². The van der Waals surface area contributed by atoms with Gasteiger partial charge in [-0.25, -0.2) is 0 Å². The molecule has 0 nitrogen and oxygen atoms in total. The Balaban J connectivity index is 2.61. The molecule has 1 aromatic carbocycles. The quantitative estimate of drug-likeness (QED) is 0.443. The molecule has 1 atom stereocenters. The zero-order chi connectivity index (χ0) is 6.53. The van der Waals surface area contributed by atoms with Crippen molar-refractivity contribution in [3.05, 3.63) is 35.9 Å². The van der Waals surface area contributed by atoms with E-state index in [1.807, 2.05) is 0 Å². The van der Waals surface area contributed by atoms with Gasteiger partial charge in [-0.05, 0) is 6.04 Å². The molecule has 0 amide bonds. The first kappa shape index (κ1) is 6.98. The molecular formula is C7H11PSi. The van der Waals surface area contributed by atoms with E-state index in [9.17, 15) is 0 Å². The van der Waals surface area contributed by atoms with Crippen molar-refractivity contribution in [3.63, 3.8) is 0 Å². The van der Waals surface area contributed by atoms with E-state index < -0.39 is 0 Å². The van der Waals surface area contributed by atoms with Crippen LogP contribution in [0, 0.1) is 0 Å². The molecule has 1 aromatic rings. The van der Waals surface area contributed by atoms with Crippen LogP contribution in [0.4, 0.5) is 0 Å². The van der Waals surface area contributed by atoms with E-state index in [0.717, 1.165) is 0 Å². The fraction of sp³-hybridized carbons (Fsp3) is 0.143. The summed E-state index contributed by atoms with van der Waals surface area (Å²) in [5.74, 6) is 0. The molecule has 0 heterocycles. The van der Waals surface area contributed by atoms with E-state index in [-0.39, 0.29) is 9.19 Å². The van der Waals surface area contributed by atoms with Gasteiger partial charge in [0.1, 0.15) is 0 Å². The molecule has 0 aliphatic rings. The Morgan fingerprint density at radius 3 is 2.44 bits per heavy atom. The summed E-state index contributed by atoms with van der Waals surface area (Å²) in [4.78, 5) is 0. The highest BCUT2D eigenvalue weighted by atomic mass is 31.3. The van der Waals surface area contributed by atoms with Crippen LogP contribution in [-0.2, 0) is 6.04 Å². The molecule has 0 N–H and O–H groups in total. The van der Waals surface area contributed by atoms with Crippen LogP contribution in [0.3, 0.4) is 0 Å². The number of hydrogen-bond donors (Lipinski definition) is 0. The molecule has 0 aliphatic heterocycles. The lowest BCUT2D eigenvalue weighted by molar-refractivity contribution is 1.40. The maximum Gasteiger partial charge on any atom is 0.0459 e. The summed E-state index contributed by atoms with van der Waals surface area (Å²) in [6.07, 6.45) is 0. The zero-order valence-electron chi connectivity index (χ0n) is 5.38. The summed E-state index contributed by atoms with van der Waals surface area (Å²) in [6.45, 7) is 0. The first-order valence-corrected chi connectivity index (χ1v) is 7.44. The van der Waals surface area contributed by atoms with Gasteiger partial charge in [-0.15, -0.1) is 0 Å². The largest absolute Gasteiger partial charge is 0.155 e. The van der Waals surface area contributed by atoms with Gasteiger partial charge in [-0.2, -0.15) is 8.79 Å². The lowest BCUT2D eigenvalue weighted by Gasteiger charge is -1.93. The highest BCUT2D eigenvalue weighted by Gasteiger charge is 1.85. The van der Waals surface area contributed by atoms with Gasteiger partial charge < -0.3 is 0 Å². The van der Waals surface area contributed by atoms with E-state index in [1.165, 1.54) is 11.6 Å². The summed E-state index contributed by atoms with van der Waals surface area (Å²) in [6, 6.07) is 12.0. The predicted molar refractivity (Wildman–Crippen MR) is 48.4 cm³/mol. The Kier molecular flexibility index (Phi) is 2.95. The summed E-state index contributed by atoms with van der Waals surface area (Å²) in [5, 5.41) is 0. The second-order valence-corrected chi connectivity index (χ2v) is 4.83. The van der Waals surface area contributed by atoms with Crippen molar-refractivity contribution in [3.8, 4) is 0 Å². The minimum atomic E-state index is 0.132. The fourth-order valence-electron chi connectivity index (χ4n) is 0.811. The van der Waals surface area contributed by atoms with Crippen LogP contribution in [0.5, 0.6) is 0 Å². The van der Waals surface area contributed by atoms with E-state index in [1.54, 1.807) is 0 Å². The highest BCUT2D eigenvalue weighted by molar-refractivity contribution is 7.55. The van der Waals surface area contributed by atoms with Crippen LogP contribution in [0.2, 0.25) is 0 Å². The van der Waals surface area contributed by atoms with Crippen LogP contribution in [0.1, 0.15) is 5.56 Å². The topological polar surface area (TPSA) is 0 Å². The van der Waals surface area contributed by atoms with Gasteiger partial charge in [-0.3, -0.25) is 0 Å². The second kappa shape index (κ2) is 3.81. The third kappa shape index (κ3) is 2.29. The molecule has 48 valence electrons. The third-order valence-electron chi connectivity index (χ3n) is 1.28. The van der Waals surface area contributed by atoms with Gasteiger partial charge in [0.2, 0.25) is 0 Å². The highest BCUT2D eigenvalue weighted by Crippen LogP contribution is 1.98. The Labute approximate surface area is 60.6 Å². The molecule has 0 bridgehead atoms. The number of hydrogen-bond acceptors (Lipinski definition) is 0. The van der Waals surface area contributed by atoms with E-state index in [2.05, 4.69) is 39.1 Å². The number of benzene rings is 1. The maximum atomic E-state index is 2.87. The van der Waals surface area contributed by atoms with Gasteiger partial charge in [-0.1, -0.05) is 35.9 Å². The molecule has 0 spiro atoms. The van der Waals surface area contributed by atoms with Gasteiger partial charge in [0.15, 0.2) is 0 Å². The van der Waals surface area contributed by atoms with Crippen molar-refractivity contribution in [2.24, 2.45) is 0 Å². The standard InChI is InChI=1S/C7H11PSi/c8-9-6-7-4-2-1-3-5-7/h1-5H,6,8-9H2. The van der Waals surface area contributed by atoms with Crippen molar-refractivity contribution < 1.29 is 0 Å². The first-order valence-electron chi connectivity index (χ1n) is 3.17. The van der Waals surface area contributed by atoms with Crippen molar-refractivity contribution in [2.45, 2.75) is 6.04 Å².